The minimum Gasteiger partial charge on any atom is -0.316 e. The highest BCUT2D eigenvalue weighted by atomic mass is 15.1. The van der Waals surface area contributed by atoms with Crippen LogP contribution >= 0.6 is 0 Å². The first kappa shape index (κ1) is 13.0. The molecule has 0 amide bonds. The SMILES string of the molecule is Cc1cc(C2CCCN(C)C2)nc(C2CCNC2)n1. The maximum absolute atomic E-state index is 4.90. The van der Waals surface area contributed by atoms with Crippen molar-refractivity contribution in [3.8, 4) is 0 Å². The summed E-state index contributed by atoms with van der Waals surface area (Å²) in [6.07, 6.45) is 3.72. The highest BCUT2D eigenvalue weighted by molar-refractivity contribution is 5.18. The summed E-state index contributed by atoms with van der Waals surface area (Å²) >= 11 is 0. The highest BCUT2D eigenvalue weighted by Gasteiger charge is 2.24. The van der Waals surface area contributed by atoms with Crippen molar-refractivity contribution in [3.05, 3.63) is 23.3 Å². The van der Waals surface area contributed by atoms with Gasteiger partial charge in [0.25, 0.3) is 0 Å². The van der Waals surface area contributed by atoms with E-state index >= 15 is 0 Å². The van der Waals surface area contributed by atoms with Gasteiger partial charge in [0.1, 0.15) is 5.82 Å². The Kier molecular flexibility index (Phi) is 3.80. The first-order chi connectivity index (χ1) is 9.22. The molecule has 2 saturated heterocycles. The molecule has 2 aliphatic rings. The van der Waals surface area contributed by atoms with Crippen LogP contribution in [0.3, 0.4) is 0 Å². The minimum atomic E-state index is 0.514. The van der Waals surface area contributed by atoms with Gasteiger partial charge in [-0.15, -0.1) is 0 Å². The summed E-state index contributed by atoms with van der Waals surface area (Å²) < 4.78 is 0. The van der Waals surface area contributed by atoms with Gasteiger partial charge in [0, 0.05) is 36.3 Å². The van der Waals surface area contributed by atoms with E-state index in [4.69, 9.17) is 4.98 Å². The third kappa shape index (κ3) is 2.95. The normalized spacial score (nSPS) is 28.7. The summed E-state index contributed by atoms with van der Waals surface area (Å²) in [5.74, 6) is 2.17. The van der Waals surface area contributed by atoms with Gasteiger partial charge in [-0.25, -0.2) is 9.97 Å². The molecule has 2 unspecified atom stereocenters. The Hall–Kier alpha value is -1.00. The first-order valence-corrected chi connectivity index (χ1v) is 7.47. The van der Waals surface area contributed by atoms with Crippen molar-refractivity contribution in [2.75, 3.05) is 33.2 Å². The van der Waals surface area contributed by atoms with Crippen LogP contribution in [0.1, 0.15) is 48.3 Å². The molecule has 3 heterocycles. The predicted octanol–water partition coefficient (Wildman–Crippen LogP) is 1.67. The summed E-state index contributed by atoms with van der Waals surface area (Å²) in [6.45, 7) is 6.60. The Labute approximate surface area is 115 Å². The number of likely N-dealkylation sites (tertiary alicyclic amines) is 1. The Morgan fingerprint density at radius 2 is 2.16 bits per heavy atom. The van der Waals surface area contributed by atoms with Crippen molar-refractivity contribution in [3.63, 3.8) is 0 Å². The lowest BCUT2D eigenvalue weighted by Gasteiger charge is -2.29. The van der Waals surface area contributed by atoms with Crippen LogP contribution in [0.2, 0.25) is 0 Å². The average Bonchev–Trinajstić information content (AvgIpc) is 2.92. The second-order valence-electron chi connectivity index (χ2n) is 6.08. The van der Waals surface area contributed by atoms with E-state index in [-0.39, 0.29) is 0 Å². The molecule has 104 valence electrons. The van der Waals surface area contributed by atoms with Gasteiger partial charge in [-0.05, 0) is 52.4 Å². The highest BCUT2D eigenvalue weighted by Crippen LogP contribution is 2.27. The maximum Gasteiger partial charge on any atom is 0.133 e. The Balaban J connectivity index is 1.84. The summed E-state index contributed by atoms with van der Waals surface area (Å²) in [6, 6.07) is 2.19. The lowest BCUT2D eigenvalue weighted by molar-refractivity contribution is 0.248. The molecule has 0 aromatic carbocycles. The van der Waals surface area contributed by atoms with Crippen LogP contribution < -0.4 is 5.32 Å². The van der Waals surface area contributed by atoms with Crippen LogP contribution in [0.5, 0.6) is 0 Å². The van der Waals surface area contributed by atoms with Crippen molar-refractivity contribution >= 4 is 0 Å². The standard InChI is InChI=1S/C15H24N4/c1-11-8-14(13-4-3-7-19(2)10-13)18-15(17-11)12-5-6-16-9-12/h8,12-13,16H,3-7,9-10H2,1-2H3. The van der Waals surface area contributed by atoms with Crippen LogP contribution in [0.4, 0.5) is 0 Å². The first-order valence-electron chi connectivity index (χ1n) is 7.47. The smallest absolute Gasteiger partial charge is 0.133 e. The second kappa shape index (κ2) is 5.55. The van der Waals surface area contributed by atoms with E-state index in [0.29, 0.717) is 11.8 Å². The van der Waals surface area contributed by atoms with Crippen molar-refractivity contribution in [2.24, 2.45) is 0 Å². The molecule has 1 N–H and O–H groups in total. The third-order valence-electron chi connectivity index (χ3n) is 4.36. The van der Waals surface area contributed by atoms with Crippen LogP contribution in [-0.4, -0.2) is 48.1 Å². The second-order valence-corrected chi connectivity index (χ2v) is 6.08. The summed E-state index contributed by atoms with van der Waals surface area (Å²) in [5.41, 5.74) is 2.39. The van der Waals surface area contributed by atoms with E-state index in [1.54, 1.807) is 0 Å². The molecule has 1 aromatic rings. The number of hydrogen-bond acceptors (Lipinski definition) is 4. The molecule has 2 aliphatic heterocycles. The number of nitrogens with one attached hydrogen (secondary N) is 1. The number of rotatable bonds is 2. The van der Waals surface area contributed by atoms with E-state index in [1.807, 2.05) is 0 Å². The van der Waals surface area contributed by atoms with Crippen molar-refractivity contribution in [2.45, 2.75) is 38.0 Å². The van der Waals surface area contributed by atoms with Gasteiger partial charge in [-0.3, -0.25) is 0 Å². The van der Waals surface area contributed by atoms with Crippen LogP contribution in [0.15, 0.2) is 6.07 Å². The van der Waals surface area contributed by atoms with Crippen molar-refractivity contribution in [1.82, 2.24) is 20.2 Å². The largest absolute Gasteiger partial charge is 0.316 e. The molecule has 4 nitrogen and oxygen atoms in total. The third-order valence-corrected chi connectivity index (χ3v) is 4.36. The number of hydrogen-bond donors (Lipinski definition) is 1. The molecule has 0 radical (unpaired) electrons. The van der Waals surface area contributed by atoms with Crippen molar-refractivity contribution in [1.29, 1.82) is 0 Å². The number of likely N-dealkylation sites (N-methyl/N-ethyl adjacent to an activating group) is 1. The average molecular weight is 260 g/mol. The zero-order valence-corrected chi connectivity index (χ0v) is 12.0. The molecule has 2 atom stereocenters. The van der Waals surface area contributed by atoms with Gasteiger partial charge >= 0.3 is 0 Å². The number of nitrogens with zero attached hydrogens (tertiary/aromatic N) is 3. The predicted molar refractivity (Wildman–Crippen MR) is 76.5 cm³/mol. The molecule has 0 aliphatic carbocycles. The number of aryl methyl sites for hydroxylation is 1. The Morgan fingerprint density at radius 1 is 1.26 bits per heavy atom. The lowest BCUT2D eigenvalue weighted by atomic mass is 9.94. The molecule has 0 spiro atoms. The van der Waals surface area contributed by atoms with E-state index in [0.717, 1.165) is 31.2 Å². The molecule has 0 bridgehead atoms. The molecule has 1 aromatic heterocycles. The zero-order chi connectivity index (χ0) is 13.2. The van der Waals surface area contributed by atoms with E-state index in [2.05, 4.69) is 35.2 Å². The Morgan fingerprint density at radius 3 is 2.89 bits per heavy atom. The number of piperidine rings is 1. The fourth-order valence-electron chi connectivity index (χ4n) is 3.29. The van der Waals surface area contributed by atoms with E-state index < -0.39 is 0 Å². The monoisotopic (exact) mass is 260 g/mol. The quantitative estimate of drug-likeness (QED) is 0.878. The maximum atomic E-state index is 4.90. The van der Waals surface area contributed by atoms with Gasteiger partial charge in [0.2, 0.25) is 0 Å². The lowest BCUT2D eigenvalue weighted by Crippen LogP contribution is -2.31. The Bertz CT molecular complexity index is 440. The zero-order valence-electron chi connectivity index (χ0n) is 12.0. The minimum absolute atomic E-state index is 0.514. The van der Waals surface area contributed by atoms with Crippen LogP contribution in [0, 0.1) is 6.92 Å². The van der Waals surface area contributed by atoms with Gasteiger partial charge < -0.3 is 10.2 Å². The molecule has 3 rings (SSSR count). The molecular formula is C15H24N4. The molecule has 0 saturated carbocycles. The van der Waals surface area contributed by atoms with E-state index in [9.17, 15) is 0 Å². The fourth-order valence-corrected chi connectivity index (χ4v) is 3.29. The molecule has 4 heteroatoms. The summed E-state index contributed by atoms with van der Waals surface area (Å²) in [5, 5.41) is 3.41. The molecular weight excluding hydrogens is 236 g/mol. The van der Waals surface area contributed by atoms with Gasteiger partial charge in [-0.1, -0.05) is 0 Å². The van der Waals surface area contributed by atoms with E-state index in [1.165, 1.54) is 31.5 Å². The van der Waals surface area contributed by atoms with Crippen LogP contribution in [-0.2, 0) is 0 Å². The summed E-state index contributed by atoms with van der Waals surface area (Å²) in [4.78, 5) is 12.0. The topological polar surface area (TPSA) is 41.1 Å². The van der Waals surface area contributed by atoms with Crippen LogP contribution in [0.25, 0.3) is 0 Å². The summed E-state index contributed by atoms with van der Waals surface area (Å²) in [7, 11) is 2.21. The number of aromatic nitrogens is 2. The molecule has 2 fully saturated rings. The fraction of sp³-hybridized carbons (Fsp3) is 0.733. The van der Waals surface area contributed by atoms with Crippen molar-refractivity contribution < 1.29 is 0 Å². The van der Waals surface area contributed by atoms with Gasteiger partial charge in [0.05, 0.1) is 0 Å². The van der Waals surface area contributed by atoms with Gasteiger partial charge in [-0.2, -0.15) is 0 Å². The van der Waals surface area contributed by atoms with Gasteiger partial charge in [0.15, 0.2) is 0 Å². The molecule has 19 heavy (non-hydrogen) atoms.